The van der Waals surface area contributed by atoms with Gasteiger partial charge in [-0.15, -0.1) is 0 Å². The molecule has 0 aromatic carbocycles. The average Bonchev–Trinajstić information content (AvgIpc) is 3.83. The van der Waals surface area contributed by atoms with Crippen LogP contribution < -0.4 is 5.73 Å². The first-order valence-corrected chi connectivity index (χ1v) is 22.0. The van der Waals surface area contributed by atoms with Crippen LogP contribution in [0.3, 0.4) is 0 Å². The van der Waals surface area contributed by atoms with Crippen LogP contribution in [-0.2, 0) is 14.3 Å². The third-order valence-electron chi connectivity index (χ3n) is 18.6. The Labute approximate surface area is 323 Å². The lowest BCUT2D eigenvalue weighted by Gasteiger charge is -2.76. The first kappa shape index (κ1) is 39.6. The van der Waals surface area contributed by atoms with Gasteiger partial charge in [-0.3, -0.25) is 14.5 Å². The summed E-state index contributed by atoms with van der Waals surface area (Å²) in [5.41, 5.74) is 7.92. The van der Waals surface area contributed by atoms with E-state index < -0.39 is 5.97 Å². The number of hydrogen-bond acceptors (Lipinski definition) is 5. The predicted octanol–water partition coefficient (Wildman–Crippen LogP) is 9.29. The standard InChI is InChI=1S/C46H77N3O4/c1-30(2)33-13-19-45(28-37(50)49-25-23-48(24-26-49)32-11-12-32)22-21-44(10)43(9)18-14-34-41(6,7)36(53-31(3)27-40(4,5)29-38(51)52)16-17-42(34,8)35(43)15-20-46(44,47)39(33)45/h30,32-36,39H,3,11-29,47H2,1-2,4-10H3,(H,51,52)/t33?,34-,35+,36-,39-,42-,43+,44-,45+,46?/m0/s1. The molecule has 1 amide bonds. The number of allylic oxidation sites excluding steroid dienone is 1. The van der Waals surface area contributed by atoms with Gasteiger partial charge >= 0.3 is 5.97 Å². The van der Waals surface area contributed by atoms with Crippen molar-refractivity contribution in [3.05, 3.63) is 12.3 Å². The maximum Gasteiger partial charge on any atom is 0.303 e. The molecule has 7 heteroatoms. The number of nitrogens with zero attached hydrogens (tertiary/aromatic N) is 2. The minimum atomic E-state index is -0.771. The van der Waals surface area contributed by atoms with E-state index in [1.807, 2.05) is 13.8 Å². The number of carbonyl (C=O) groups is 2. The highest BCUT2D eigenvalue weighted by Gasteiger charge is 2.75. The third kappa shape index (κ3) is 6.25. The Morgan fingerprint density at radius 2 is 1.51 bits per heavy atom. The van der Waals surface area contributed by atoms with Crippen LogP contribution >= 0.6 is 0 Å². The zero-order valence-corrected chi connectivity index (χ0v) is 35.3. The fourth-order valence-electron chi connectivity index (χ4n) is 15.6. The van der Waals surface area contributed by atoms with E-state index >= 15 is 0 Å². The molecule has 7 fully saturated rings. The Bertz CT molecular complexity index is 1450. The van der Waals surface area contributed by atoms with Crippen molar-refractivity contribution in [1.82, 2.24) is 9.80 Å². The molecule has 6 aliphatic carbocycles. The second-order valence-corrected chi connectivity index (χ2v) is 22.5. The van der Waals surface area contributed by atoms with E-state index in [0.29, 0.717) is 48.3 Å². The third-order valence-corrected chi connectivity index (χ3v) is 18.6. The molecule has 6 saturated carbocycles. The number of fused-ring (bicyclic) bond motifs is 7. The zero-order chi connectivity index (χ0) is 38.6. The van der Waals surface area contributed by atoms with Crippen LogP contribution in [0, 0.1) is 62.1 Å². The summed E-state index contributed by atoms with van der Waals surface area (Å²) in [5, 5.41) is 9.45. The molecule has 2 unspecified atom stereocenters. The van der Waals surface area contributed by atoms with Gasteiger partial charge < -0.3 is 20.5 Å². The fraction of sp³-hybridized carbons (Fsp3) is 0.913. The van der Waals surface area contributed by atoms with E-state index in [4.69, 9.17) is 10.5 Å². The molecular weight excluding hydrogens is 659 g/mol. The van der Waals surface area contributed by atoms with Crippen molar-refractivity contribution in [2.75, 3.05) is 26.2 Å². The molecule has 0 aromatic rings. The number of piperazine rings is 1. The maximum atomic E-state index is 14.3. The highest BCUT2D eigenvalue weighted by Crippen LogP contribution is 2.78. The van der Waals surface area contributed by atoms with Gasteiger partial charge in [0.25, 0.3) is 0 Å². The Morgan fingerprint density at radius 3 is 2.13 bits per heavy atom. The summed E-state index contributed by atoms with van der Waals surface area (Å²) < 4.78 is 6.75. The highest BCUT2D eigenvalue weighted by molar-refractivity contribution is 5.77. The van der Waals surface area contributed by atoms with E-state index in [2.05, 4.69) is 64.8 Å². The molecule has 53 heavy (non-hydrogen) atoms. The van der Waals surface area contributed by atoms with Crippen LogP contribution in [0.2, 0.25) is 0 Å². The van der Waals surface area contributed by atoms with Crippen molar-refractivity contribution in [3.63, 3.8) is 0 Å². The molecule has 0 radical (unpaired) electrons. The molecule has 3 N–H and O–H groups in total. The van der Waals surface area contributed by atoms with Gasteiger partial charge in [-0.1, -0.05) is 68.9 Å². The van der Waals surface area contributed by atoms with Gasteiger partial charge in [-0.05, 0) is 134 Å². The number of carbonyl (C=O) groups excluding carboxylic acids is 1. The molecule has 1 saturated heterocycles. The van der Waals surface area contributed by atoms with Crippen molar-refractivity contribution < 1.29 is 19.4 Å². The number of rotatable bonds is 10. The first-order chi connectivity index (χ1) is 24.6. The van der Waals surface area contributed by atoms with Crippen molar-refractivity contribution in [3.8, 4) is 0 Å². The van der Waals surface area contributed by atoms with Crippen LogP contribution in [0.25, 0.3) is 0 Å². The van der Waals surface area contributed by atoms with Crippen molar-refractivity contribution in [2.45, 2.75) is 176 Å². The molecule has 7 rings (SSSR count). The van der Waals surface area contributed by atoms with Crippen molar-refractivity contribution in [2.24, 2.45) is 67.8 Å². The summed E-state index contributed by atoms with van der Waals surface area (Å²) in [6, 6.07) is 0.780. The normalized spacial score (nSPS) is 44.1. The number of ether oxygens (including phenoxy) is 1. The van der Waals surface area contributed by atoms with Gasteiger partial charge in [-0.25, -0.2) is 0 Å². The van der Waals surface area contributed by atoms with Crippen LogP contribution in [0.15, 0.2) is 12.3 Å². The Morgan fingerprint density at radius 1 is 0.849 bits per heavy atom. The zero-order valence-electron chi connectivity index (χ0n) is 35.3. The van der Waals surface area contributed by atoms with Gasteiger partial charge in [0.2, 0.25) is 5.91 Å². The highest BCUT2D eigenvalue weighted by atomic mass is 16.5. The number of amides is 1. The number of aliphatic carboxylic acids is 1. The summed E-state index contributed by atoms with van der Waals surface area (Å²) in [6.07, 6.45) is 15.6. The van der Waals surface area contributed by atoms with Crippen molar-refractivity contribution in [1.29, 1.82) is 0 Å². The SMILES string of the molecule is C=C(CC(C)(C)CC(=O)O)O[C@H]1CC[C@]2(C)[C@H]3CCC4(N)[C@H]5C(C(C)C)CC[C@]5(CC(=O)N5CCN(C6CC6)CC5)CC[C@@]4(C)[C@]3(C)CC[C@H]2C1(C)C. The molecule has 0 aromatic heterocycles. The predicted molar refractivity (Wildman–Crippen MR) is 213 cm³/mol. The molecule has 7 aliphatic rings. The van der Waals surface area contributed by atoms with Crippen LogP contribution in [0.4, 0.5) is 0 Å². The monoisotopic (exact) mass is 736 g/mol. The smallest absolute Gasteiger partial charge is 0.303 e. The fourth-order valence-corrected chi connectivity index (χ4v) is 15.6. The topological polar surface area (TPSA) is 96.1 Å². The molecule has 7 nitrogen and oxygen atoms in total. The van der Waals surface area contributed by atoms with Crippen LogP contribution in [0.1, 0.15) is 159 Å². The lowest BCUT2D eigenvalue weighted by molar-refractivity contribution is -0.257. The summed E-state index contributed by atoms with van der Waals surface area (Å²) in [7, 11) is 0. The molecule has 1 aliphatic heterocycles. The lowest BCUT2D eigenvalue weighted by atomic mass is 9.30. The lowest BCUT2D eigenvalue weighted by Crippen LogP contribution is -2.76. The summed E-state index contributed by atoms with van der Waals surface area (Å²) >= 11 is 0. The summed E-state index contributed by atoms with van der Waals surface area (Å²) in [4.78, 5) is 30.6. The Balaban J connectivity index is 1.12. The minimum absolute atomic E-state index is 0.0168. The molecule has 1 heterocycles. The van der Waals surface area contributed by atoms with Gasteiger partial charge in [0.15, 0.2) is 0 Å². The second kappa shape index (κ2) is 13.2. The van der Waals surface area contributed by atoms with Crippen LogP contribution in [-0.4, -0.2) is 70.6 Å². The van der Waals surface area contributed by atoms with Gasteiger partial charge in [-0.2, -0.15) is 0 Å². The van der Waals surface area contributed by atoms with Gasteiger partial charge in [0.05, 0.1) is 12.2 Å². The van der Waals surface area contributed by atoms with E-state index in [0.717, 1.165) is 76.5 Å². The van der Waals surface area contributed by atoms with E-state index in [1.54, 1.807) is 0 Å². The van der Waals surface area contributed by atoms with E-state index in [-0.39, 0.29) is 50.6 Å². The number of carboxylic acid groups (broad SMARTS) is 1. The Hall–Kier alpha value is -1.60. The molecule has 0 spiro atoms. The Kier molecular flexibility index (Phi) is 9.90. The second-order valence-electron chi connectivity index (χ2n) is 22.5. The number of carboxylic acids is 1. The maximum absolute atomic E-state index is 14.3. The number of nitrogens with two attached hydrogens (primary N) is 1. The minimum Gasteiger partial charge on any atom is -0.495 e. The molecular formula is C46H77N3O4. The summed E-state index contributed by atoms with van der Waals surface area (Å²) in [5.74, 6) is 3.05. The molecule has 10 atom stereocenters. The number of hydrogen-bond donors (Lipinski definition) is 2. The largest absolute Gasteiger partial charge is 0.495 e. The molecule has 300 valence electrons. The average molecular weight is 736 g/mol. The van der Waals surface area contributed by atoms with Crippen LogP contribution in [0.5, 0.6) is 0 Å². The van der Waals surface area contributed by atoms with E-state index in [1.165, 1.54) is 38.5 Å². The van der Waals surface area contributed by atoms with Gasteiger partial charge in [0.1, 0.15) is 6.10 Å². The van der Waals surface area contributed by atoms with Crippen molar-refractivity contribution >= 4 is 11.9 Å². The summed E-state index contributed by atoms with van der Waals surface area (Å²) in [6.45, 7) is 29.9. The first-order valence-electron chi connectivity index (χ1n) is 22.0. The van der Waals surface area contributed by atoms with Gasteiger partial charge in [0, 0.05) is 56.0 Å². The quantitative estimate of drug-likeness (QED) is 0.217. The molecule has 0 bridgehead atoms. The van der Waals surface area contributed by atoms with E-state index in [9.17, 15) is 14.7 Å².